The summed E-state index contributed by atoms with van der Waals surface area (Å²) in [6.07, 6.45) is 1.32. The van der Waals surface area contributed by atoms with E-state index in [1.54, 1.807) is 42.5 Å². The number of halogens is 2. The predicted octanol–water partition coefficient (Wildman–Crippen LogP) is 6.32. The van der Waals surface area contributed by atoms with Crippen LogP contribution in [0.1, 0.15) is 16.1 Å². The van der Waals surface area contributed by atoms with Crippen molar-refractivity contribution in [2.45, 2.75) is 5.22 Å². The van der Waals surface area contributed by atoms with Crippen molar-refractivity contribution in [3.63, 3.8) is 0 Å². The molecule has 12 heteroatoms. The Morgan fingerprint density at radius 1 is 1.03 bits per heavy atom. The van der Waals surface area contributed by atoms with Gasteiger partial charge in [-0.15, -0.1) is 10.2 Å². The van der Waals surface area contributed by atoms with E-state index in [9.17, 15) is 14.7 Å². The summed E-state index contributed by atoms with van der Waals surface area (Å²) < 4.78 is 21.4. The zero-order chi connectivity index (χ0) is 25.8. The molecule has 2 heterocycles. The number of hydrogen-bond acceptors (Lipinski definition) is 9. The van der Waals surface area contributed by atoms with E-state index in [0.717, 1.165) is 11.8 Å². The largest absolute Gasteiger partial charge is 0.496 e. The molecule has 0 aliphatic rings. The summed E-state index contributed by atoms with van der Waals surface area (Å²) in [6.45, 7) is 0. The van der Waals surface area contributed by atoms with Crippen LogP contribution in [0.3, 0.4) is 0 Å². The molecular weight excluding hydrogens is 531 g/mol. The lowest BCUT2D eigenvalue weighted by Crippen LogP contribution is -2.02. The molecule has 2 aromatic carbocycles. The molecule has 0 saturated heterocycles. The number of carboxylic acid groups (broad SMARTS) is 1. The van der Waals surface area contributed by atoms with Crippen molar-refractivity contribution in [1.82, 2.24) is 10.2 Å². The van der Waals surface area contributed by atoms with E-state index in [-0.39, 0.29) is 32.4 Å². The van der Waals surface area contributed by atoms with Gasteiger partial charge in [-0.25, -0.2) is 9.59 Å². The smallest absolute Gasteiger partial charge is 0.342 e. The van der Waals surface area contributed by atoms with E-state index in [1.807, 2.05) is 0 Å². The zero-order valence-electron chi connectivity index (χ0n) is 18.7. The van der Waals surface area contributed by atoms with Crippen LogP contribution in [0.2, 0.25) is 10.0 Å². The Kier molecular flexibility index (Phi) is 7.68. The minimum Gasteiger partial charge on any atom is -0.496 e. The van der Waals surface area contributed by atoms with Crippen LogP contribution in [0.25, 0.3) is 28.9 Å². The van der Waals surface area contributed by atoms with Crippen LogP contribution in [0.15, 0.2) is 67.5 Å². The highest BCUT2D eigenvalue weighted by Crippen LogP contribution is 2.35. The number of carboxylic acids is 1. The van der Waals surface area contributed by atoms with E-state index in [1.165, 1.54) is 26.4 Å². The maximum absolute atomic E-state index is 11.9. The Morgan fingerprint density at radius 3 is 2.56 bits per heavy atom. The zero-order valence-corrected chi connectivity index (χ0v) is 21.0. The number of carbonyl (C=O) groups excluding carboxylic acids is 1. The number of aliphatic carboxylic acids is 1. The van der Waals surface area contributed by atoms with E-state index < -0.39 is 11.9 Å². The van der Waals surface area contributed by atoms with Crippen LogP contribution in [0.4, 0.5) is 0 Å². The number of ether oxygens (including phenoxy) is 2. The van der Waals surface area contributed by atoms with Crippen LogP contribution < -0.4 is 4.74 Å². The predicted molar refractivity (Wildman–Crippen MR) is 133 cm³/mol. The number of furan rings is 1. The van der Waals surface area contributed by atoms with E-state index in [4.69, 9.17) is 41.5 Å². The van der Waals surface area contributed by atoms with Gasteiger partial charge in [0.15, 0.2) is 0 Å². The number of hydrogen-bond donors (Lipinski definition) is 1. The average Bonchev–Trinajstić information content (AvgIpc) is 3.53. The molecule has 4 aromatic rings. The van der Waals surface area contributed by atoms with Crippen molar-refractivity contribution in [3.05, 3.63) is 74.8 Å². The topological polar surface area (TPSA) is 125 Å². The summed E-state index contributed by atoms with van der Waals surface area (Å²) in [5.74, 6) is -0.586. The van der Waals surface area contributed by atoms with Crippen molar-refractivity contribution < 1.29 is 33.0 Å². The van der Waals surface area contributed by atoms with Gasteiger partial charge in [0.25, 0.3) is 11.1 Å². The van der Waals surface area contributed by atoms with Gasteiger partial charge in [0.2, 0.25) is 0 Å². The van der Waals surface area contributed by atoms with Crippen molar-refractivity contribution >= 4 is 53.0 Å². The van der Waals surface area contributed by atoms with Gasteiger partial charge < -0.3 is 23.4 Å². The van der Waals surface area contributed by atoms with Gasteiger partial charge in [0.05, 0.1) is 30.4 Å². The van der Waals surface area contributed by atoms with Crippen molar-refractivity contribution in [1.29, 1.82) is 0 Å². The molecule has 0 spiro atoms. The van der Waals surface area contributed by atoms with Crippen molar-refractivity contribution in [2.24, 2.45) is 0 Å². The van der Waals surface area contributed by atoms with Gasteiger partial charge in [-0.05, 0) is 60.3 Å². The molecule has 184 valence electrons. The van der Waals surface area contributed by atoms with Gasteiger partial charge in [0, 0.05) is 16.7 Å². The molecule has 0 bridgehead atoms. The van der Waals surface area contributed by atoms with Crippen LogP contribution in [-0.2, 0) is 9.53 Å². The second-order valence-corrected chi connectivity index (χ2v) is 8.86. The molecular formula is C24H16Cl2N2O7S. The van der Waals surface area contributed by atoms with Gasteiger partial charge in [0.1, 0.15) is 22.2 Å². The molecule has 0 saturated carbocycles. The molecule has 4 rings (SSSR count). The Morgan fingerprint density at radius 2 is 1.83 bits per heavy atom. The second-order valence-electron chi connectivity index (χ2n) is 7.02. The second kappa shape index (κ2) is 10.9. The normalized spacial score (nSPS) is 11.4. The molecule has 36 heavy (non-hydrogen) atoms. The molecule has 0 amide bonds. The first-order valence-electron chi connectivity index (χ1n) is 10.1. The number of nitrogens with zero attached hydrogens (tertiary/aromatic N) is 2. The molecule has 0 unspecified atom stereocenters. The fourth-order valence-corrected chi connectivity index (χ4v) is 4.12. The number of thioether (sulfide) groups is 1. The van der Waals surface area contributed by atoms with Gasteiger partial charge in [-0.3, -0.25) is 0 Å². The number of methoxy groups -OCH3 is 2. The first-order valence-corrected chi connectivity index (χ1v) is 11.6. The van der Waals surface area contributed by atoms with Crippen molar-refractivity contribution in [3.8, 4) is 28.5 Å². The SMILES string of the molecule is COC(=O)c1cc(-c2ccc(/C=C(\Sc3nnc(-c4cc(Cl)ccc4OC)o3)C(=O)O)o2)ccc1Cl. The summed E-state index contributed by atoms with van der Waals surface area (Å²) in [6, 6.07) is 12.9. The highest BCUT2D eigenvalue weighted by atomic mass is 35.5. The van der Waals surface area contributed by atoms with E-state index >= 15 is 0 Å². The molecule has 0 radical (unpaired) electrons. The first kappa shape index (κ1) is 25.4. The lowest BCUT2D eigenvalue weighted by molar-refractivity contribution is -0.131. The summed E-state index contributed by atoms with van der Waals surface area (Å²) in [5, 5.41) is 18.2. The Bertz CT molecular complexity index is 1480. The standard InChI is InChI=1S/C24H16Cl2N2O7S/c1-32-19-7-4-13(25)10-16(19)21-27-28-24(35-21)36-20(22(29)30)11-14-5-8-18(34-14)12-3-6-17(26)15(9-12)23(31)33-2/h3-11H,1-2H3,(H,29,30)/b20-11-. The molecule has 0 aliphatic heterocycles. The third-order valence-electron chi connectivity index (χ3n) is 4.76. The lowest BCUT2D eigenvalue weighted by Gasteiger charge is -2.04. The maximum atomic E-state index is 11.9. The summed E-state index contributed by atoms with van der Waals surface area (Å²) in [5.41, 5.74) is 1.20. The van der Waals surface area contributed by atoms with E-state index in [2.05, 4.69) is 10.2 Å². The lowest BCUT2D eigenvalue weighted by atomic mass is 10.1. The maximum Gasteiger partial charge on any atom is 0.342 e. The number of benzene rings is 2. The van der Waals surface area contributed by atoms with Crippen LogP contribution in [0.5, 0.6) is 5.75 Å². The number of carbonyl (C=O) groups is 2. The minimum absolute atomic E-state index is 0.00659. The molecule has 9 nitrogen and oxygen atoms in total. The number of aromatic nitrogens is 2. The summed E-state index contributed by atoms with van der Waals surface area (Å²) >= 11 is 12.9. The first-order chi connectivity index (χ1) is 17.3. The quantitative estimate of drug-likeness (QED) is 0.152. The minimum atomic E-state index is -1.22. The fourth-order valence-electron chi connectivity index (χ4n) is 3.10. The number of esters is 1. The average molecular weight is 547 g/mol. The Hall–Kier alpha value is -3.73. The van der Waals surface area contributed by atoms with Crippen LogP contribution in [0, 0.1) is 0 Å². The van der Waals surface area contributed by atoms with E-state index in [0.29, 0.717) is 27.7 Å². The Balaban J connectivity index is 1.59. The number of rotatable bonds is 8. The third-order valence-corrected chi connectivity index (χ3v) is 6.18. The molecule has 2 aromatic heterocycles. The highest BCUT2D eigenvalue weighted by molar-refractivity contribution is 8.03. The monoisotopic (exact) mass is 546 g/mol. The van der Waals surface area contributed by atoms with Gasteiger partial charge >= 0.3 is 11.9 Å². The summed E-state index contributed by atoms with van der Waals surface area (Å²) in [7, 11) is 2.74. The van der Waals surface area contributed by atoms with Crippen LogP contribution >= 0.6 is 35.0 Å². The van der Waals surface area contributed by atoms with Crippen LogP contribution in [-0.4, -0.2) is 41.5 Å². The summed E-state index contributed by atoms with van der Waals surface area (Å²) in [4.78, 5) is 23.7. The van der Waals surface area contributed by atoms with Gasteiger partial charge in [-0.1, -0.05) is 23.2 Å². The highest BCUT2D eigenvalue weighted by Gasteiger charge is 2.19. The molecule has 1 N–H and O–H groups in total. The molecule has 0 aliphatic carbocycles. The third kappa shape index (κ3) is 5.56. The molecule has 0 fully saturated rings. The Labute approximate surface area is 218 Å². The molecule has 0 atom stereocenters. The fraction of sp³-hybridized carbons (Fsp3) is 0.0833. The van der Waals surface area contributed by atoms with Crippen molar-refractivity contribution in [2.75, 3.05) is 14.2 Å². The van der Waals surface area contributed by atoms with Gasteiger partial charge in [-0.2, -0.15) is 0 Å².